The molecule has 1 aromatic carbocycles. The molecule has 1 N–H and O–H groups in total. The molecule has 1 aromatic rings. The molecule has 7 heteroatoms. The van der Waals surface area contributed by atoms with E-state index in [1.165, 1.54) is 18.1 Å². The molecule has 1 unspecified atom stereocenters. The molecule has 1 saturated heterocycles. The Morgan fingerprint density at radius 1 is 1.40 bits per heavy atom. The first kappa shape index (κ1) is 17.2. The van der Waals surface area contributed by atoms with Crippen LogP contribution in [0.4, 0.5) is 0 Å². The van der Waals surface area contributed by atoms with Crippen molar-refractivity contribution >= 4 is 11.5 Å². The summed E-state index contributed by atoms with van der Waals surface area (Å²) in [5.74, 6) is 0.321. The Kier molecular flexibility index (Phi) is 4.59. The van der Waals surface area contributed by atoms with E-state index in [1.807, 2.05) is 30.3 Å². The Labute approximate surface area is 145 Å². The van der Waals surface area contributed by atoms with Crippen LogP contribution in [-0.2, 0) is 9.53 Å². The lowest BCUT2D eigenvalue weighted by Crippen LogP contribution is -2.49. The van der Waals surface area contributed by atoms with Crippen LogP contribution >= 0.6 is 0 Å². The van der Waals surface area contributed by atoms with Gasteiger partial charge in [0.1, 0.15) is 5.76 Å². The third kappa shape index (κ3) is 3.28. The van der Waals surface area contributed by atoms with Crippen LogP contribution in [0, 0.1) is 10.1 Å². The summed E-state index contributed by atoms with van der Waals surface area (Å²) in [7, 11) is 1.53. The van der Waals surface area contributed by atoms with Crippen LogP contribution in [0.15, 0.2) is 48.2 Å². The van der Waals surface area contributed by atoms with Crippen LogP contribution in [0.25, 0.3) is 5.57 Å². The van der Waals surface area contributed by atoms with E-state index in [2.05, 4.69) is 0 Å². The minimum absolute atomic E-state index is 0.0161. The molecule has 2 aliphatic rings. The van der Waals surface area contributed by atoms with Gasteiger partial charge in [-0.1, -0.05) is 30.3 Å². The molecular weight excluding hydrogens is 324 g/mol. The first-order valence-corrected chi connectivity index (χ1v) is 8.07. The summed E-state index contributed by atoms with van der Waals surface area (Å²) in [4.78, 5) is 24.9. The van der Waals surface area contributed by atoms with Gasteiger partial charge in [-0.05, 0) is 17.7 Å². The summed E-state index contributed by atoms with van der Waals surface area (Å²) in [6.45, 7) is 0.0590. The summed E-state index contributed by atoms with van der Waals surface area (Å²) in [5.41, 5.74) is 0.143. The summed E-state index contributed by atoms with van der Waals surface area (Å²) in [5, 5.41) is 21.6. The van der Waals surface area contributed by atoms with E-state index in [1.54, 1.807) is 6.08 Å². The van der Waals surface area contributed by atoms with Gasteiger partial charge in [-0.3, -0.25) is 14.9 Å². The second kappa shape index (κ2) is 6.68. The van der Waals surface area contributed by atoms with Gasteiger partial charge < -0.3 is 14.7 Å². The molecule has 0 spiro atoms. The number of likely N-dealkylation sites (tertiary alicyclic amines) is 1. The van der Waals surface area contributed by atoms with Gasteiger partial charge in [0.2, 0.25) is 5.91 Å². The van der Waals surface area contributed by atoms with Crippen molar-refractivity contribution in [3.63, 3.8) is 0 Å². The Hall–Kier alpha value is -2.67. The Morgan fingerprint density at radius 2 is 2.12 bits per heavy atom. The molecule has 2 atom stereocenters. The Balaban J connectivity index is 1.94. The fraction of sp³-hybridized carbons (Fsp3) is 0.389. The van der Waals surface area contributed by atoms with Gasteiger partial charge in [-0.15, -0.1) is 0 Å². The van der Waals surface area contributed by atoms with Gasteiger partial charge in [-0.2, -0.15) is 0 Å². The molecule has 1 heterocycles. The van der Waals surface area contributed by atoms with Gasteiger partial charge in [0, 0.05) is 17.0 Å². The van der Waals surface area contributed by atoms with Gasteiger partial charge in [0.15, 0.2) is 0 Å². The molecule has 0 radical (unpaired) electrons. The molecule has 25 heavy (non-hydrogen) atoms. The minimum Gasteiger partial charge on any atom is -0.496 e. The molecule has 0 saturated carbocycles. The number of amides is 1. The van der Waals surface area contributed by atoms with Crippen LogP contribution in [0.2, 0.25) is 0 Å². The smallest absolute Gasteiger partial charge is 0.262 e. The normalized spacial score (nSPS) is 26.2. The Bertz CT molecular complexity index is 743. The van der Waals surface area contributed by atoms with Crippen molar-refractivity contribution in [1.29, 1.82) is 0 Å². The summed E-state index contributed by atoms with van der Waals surface area (Å²) in [6.07, 6.45) is 2.47. The van der Waals surface area contributed by atoms with Crippen LogP contribution in [0.3, 0.4) is 0 Å². The number of rotatable bonds is 5. The maximum atomic E-state index is 12.0. The fourth-order valence-corrected chi connectivity index (χ4v) is 3.38. The topological polar surface area (TPSA) is 92.9 Å². The number of aliphatic hydroxyl groups is 1. The molecule has 132 valence electrons. The Morgan fingerprint density at radius 3 is 2.68 bits per heavy atom. The first-order chi connectivity index (χ1) is 11.9. The van der Waals surface area contributed by atoms with E-state index in [0.717, 1.165) is 11.1 Å². The lowest BCUT2D eigenvalue weighted by molar-refractivity contribution is -0.554. The van der Waals surface area contributed by atoms with Crippen LogP contribution in [0.5, 0.6) is 0 Å². The second-order valence-corrected chi connectivity index (χ2v) is 6.42. The number of nitro groups is 1. The monoisotopic (exact) mass is 344 g/mol. The fourth-order valence-electron chi connectivity index (χ4n) is 3.38. The number of benzene rings is 1. The number of hydrogen-bond acceptors (Lipinski definition) is 5. The second-order valence-electron chi connectivity index (χ2n) is 6.42. The largest absolute Gasteiger partial charge is 0.496 e. The van der Waals surface area contributed by atoms with Gasteiger partial charge >= 0.3 is 0 Å². The third-order valence-corrected chi connectivity index (χ3v) is 4.69. The molecule has 1 aliphatic carbocycles. The zero-order valence-corrected chi connectivity index (χ0v) is 13.9. The number of nitrogens with zero attached hydrogens (tertiary/aromatic N) is 2. The maximum absolute atomic E-state index is 12.0. The average molecular weight is 344 g/mol. The highest BCUT2D eigenvalue weighted by molar-refractivity contribution is 5.79. The molecule has 0 bridgehead atoms. The molecular formula is C18H20N2O5. The predicted molar refractivity (Wildman–Crippen MR) is 91.1 cm³/mol. The van der Waals surface area contributed by atoms with Crippen LogP contribution < -0.4 is 0 Å². The zero-order valence-electron chi connectivity index (χ0n) is 13.9. The molecule has 1 fully saturated rings. The SMILES string of the molecule is COC1=C(c2ccccc2)CC(CN2C[C@@H](O)CC2=O)([N+](=O)[O-])C=C1. The molecule has 3 rings (SSSR count). The quantitative estimate of drug-likeness (QED) is 0.647. The lowest BCUT2D eigenvalue weighted by atomic mass is 9.83. The predicted octanol–water partition coefficient (Wildman–Crippen LogP) is 1.61. The van der Waals surface area contributed by atoms with Crippen molar-refractivity contribution < 1.29 is 19.6 Å². The highest BCUT2D eigenvalue weighted by Crippen LogP contribution is 2.37. The van der Waals surface area contributed by atoms with Crippen molar-refractivity contribution in [3.8, 4) is 0 Å². The number of hydrogen-bond donors (Lipinski definition) is 1. The zero-order chi connectivity index (χ0) is 18.0. The molecule has 0 aromatic heterocycles. The molecule has 7 nitrogen and oxygen atoms in total. The lowest BCUT2D eigenvalue weighted by Gasteiger charge is -2.31. The summed E-state index contributed by atoms with van der Waals surface area (Å²) >= 11 is 0. The number of β-amino-alcohol motifs (C(OH)–C–C–N with tert-alkyl or cyclic N) is 1. The summed E-state index contributed by atoms with van der Waals surface area (Å²) < 4.78 is 5.39. The van der Waals surface area contributed by atoms with Gasteiger partial charge in [-0.25, -0.2) is 0 Å². The van der Waals surface area contributed by atoms with E-state index in [-0.39, 0.29) is 36.8 Å². The van der Waals surface area contributed by atoms with Gasteiger partial charge in [0.25, 0.3) is 5.54 Å². The van der Waals surface area contributed by atoms with Gasteiger partial charge in [0.05, 0.1) is 32.6 Å². The number of aliphatic hydroxyl groups excluding tert-OH is 1. The van der Waals surface area contributed by atoms with E-state index in [9.17, 15) is 20.0 Å². The van der Waals surface area contributed by atoms with E-state index in [4.69, 9.17) is 4.74 Å². The van der Waals surface area contributed by atoms with Crippen molar-refractivity contribution in [1.82, 2.24) is 4.90 Å². The number of allylic oxidation sites excluding steroid dienone is 1. The van der Waals surface area contributed by atoms with E-state index < -0.39 is 11.6 Å². The minimum atomic E-state index is -1.44. The number of carbonyl (C=O) groups excluding carboxylic acids is 1. The van der Waals surface area contributed by atoms with Crippen molar-refractivity contribution in [3.05, 3.63) is 63.9 Å². The summed E-state index contributed by atoms with van der Waals surface area (Å²) in [6, 6.07) is 9.36. The van der Waals surface area contributed by atoms with Crippen LogP contribution in [-0.4, -0.2) is 52.7 Å². The van der Waals surface area contributed by atoms with Crippen molar-refractivity contribution in [2.45, 2.75) is 24.5 Å². The third-order valence-electron chi connectivity index (χ3n) is 4.69. The van der Waals surface area contributed by atoms with Crippen molar-refractivity contribution in [2.24, 2.45) is 0 Å². The van der Waals surface area contributed by atoms with Crippen molar-refractivity contribution in [2.75, 3.05) is 20.2 Å². The number of carbonyl (C=O) groups is 1. The van der Waals surface area contributed by atoms with E-state index in [0.29, 0.717) is 5.76 Å². The van der Waals surface area contributed by atoms with Crippen LogP contribution in [0.1, 0.15) is 18.4 Å². The molecule has 1 amide bonds. The highest BCUT2D eigenvalue weighted by Gasteiger charge is 2.47. The van der Waals surface area contributed by atoms with E-state index >= 15 is 0 Å². The maximum Gasteiger partial charge on any atom is 0.262 e. The highest BCUT2D eigenvalue weighted by atomic mass is 16.6. The standard InChI is InChI=1S/C18H20N2O5/c1-25-16-7-8-18(20(23)24,12-19-11-14(21)9-17(19)22)10-15(16)13-5-3-2-4-6-13/h2-8,14,21H,9-12H2,1H3/t14-,18?/m0/s1. The average Bonchev–Trinajstić information content (AvgIpc) is 2.92. The number of ether oxygens (including phenoxy) is 1. The molecule has 1 aliphatic heterocycles. The first-order valence-electron chi connectivity index (χ1n) is 8.07. The number of methoxy groups -OCH3 is 1.